The minimum Gasteiger partial charge on any atom is -0.379 e. The average Bonchev–Trinajstić information content (AvgIpc) is 2.88. The van der Waals surface area contributed by atoms with Gasteiger partial charge in [0.25, 0.3) is 17.7 Å². The number of rotatable bonds is 7. The number of hydrogen-bond acceptors (Lipinski definition) is 6. The molecule has 0 saturated carbocycles. The summed E-state index contributed by atoms with van der Waals surface area (Å²) < 4.78 is 5.43. The predicted octanol–water partition coefficient (Wildman–Crippen LogP) is 1.44. The smallest absolute Gasteiger partial charge is 0.275 e. The number of nitrogens with zero attached hydrogens (tertiary/aromatic N) is 2. The van der Waals surface area contributed by atoms with Gasteiger partial charge in [0.2, 0.25) is 0 Å². The van der Waals surface area contributed by atoms with Crippen molar-refractivity contribution in [1.29, 1.82) is 0 Å². The van der Waals surface area contributed by atoms with Crippen LogP contribution in [0.4, 0.5) is 0 Å². The van der Waals surface area contributed by atoms with E-state index in [0.29, 0.717) is 11.6 Å². The third kappa shape index (κ3) is 5.57. The molecule has 3 rings (SSSR count). The summed E-state index contributed by atoms with van der Waals surface area (Å²) in [4.78, 5) is 40.1. The molecule has 9 heteroatoms. The number of carbonyl (C=O) groups is 3. The van der Waals surface area contributed by atoms with Crippen molar-refractivity contribution in [3.05, 3.63) is 59.7 Å². The van der Waals surface area contributed by atoms with E-state index in [-0.39, 0.29) is 0 Å². The highest BCUT2D eigenvalue weighted by Gasteiger charge is 2.33. The summed E-state index contributed by atoms with van der Waals surface area (Å²) in [5.74, 6) is -2.22. The monoisotopic (exact) mass is 454 g/mol. The van der Waals surface area contributed by atoms with Gasteiger partial charge in [0.15, 0.2) is 6.04 Å². The fourth-order valence-corrected chi connectivity index (χ4v) is 3.92. The maximum Gasteiger partial charge on any atom is 0.275 e. The molecule has 2 aromatic rings. The zero-order chi connectivity index (χ0) is 24.0. The van der Waals surface area contributed by atoms with Gasteiger partial charge in [-0.15, -0.1) is 0 Å². The fraction of sp³-hybridized carbons (Fsp3) is 0.375. The summed E-state index contributed by atoms with van der Waals surface area (Å²) in [6, 6.07) is 14.1. The minimum absolute atomic E-state index is 0.308. The molecule has 0 bridgehead atoms. The number of amides is 3. The van der Waals surface area contributed by atoms with E-state index in [1.54, 1.807) is 12.1 Å². The lowest BCUT2D eigenvalue weighted by Crippen LogP contribution is -2.54. The molecule has 1 heterocycles. The van der Waals surface area contributed by atoms with Crippen LogP contribution in [-0.4, -0.2) is 79.2 Å². The lowest BCUT2D eigenvalue weighted by atomic mass is 9.99. The molecule has 1 aliphatic heterocycles. The van der Waals surface area contributed by atoms with E-state index in [1.807, 2.05) is 12.1 Å². The highest BCUT2D eigenvalue weighted by molar-refractivity contribution is 6.08. The Morgan fingerprint density at radius 2 is 1.52 bits per heavy atom. The van der Waals surface area contributed by atoms with Crippen molar-refractivity contribution in [3.8, 4) is 11.1 Å². The van der Waals surface area contributed by atoms with Gasteiger partial charge in [0.1, 0.15) is 0 Å². The summed E-state index contributed by atoms with van der Waals surface area (Å²) in [5, 5.41) is 11.2. The summed E-state index contributed by atoms with van der Waals surface area (Å²) in [6.07, 6.45) is 0. The van der Waals surface area contributed by atoms with Crippen molar-refractivity contribution < 1.29 is 24.3 Å². The van der Waals surface area contributed by atoms with Crippen LogP contribution < -0.4 is 10.8 Å². The molecular formula is C24H30N4O5. The Morgan fingerprint density at radius 1 is 0.970 bits per heavy atom. The van der Waals surface area contributed by atoms with Crippen LogP contribution in [-0.2, 0) is 14.3 Å². The lowest BCUT2D eigenvalue weighted by molar-refractivity contribution is -0.140. The van der Waals surface area contributed by atoms with E-state index < -0.39 is 23.8 Å². The van der Waals surface area contributed by atoms with Crippen molar-refractivity contribution in [3.63, 3.8) is 0 Å². The molecule has 3 amide bonds. The predicted molar refractivity (Wildman–Crippen MR) is 123 cm³/mol. The molecule has 0 spiro atoms. The molecule has 1 fully saturated rings. The molecule has 176 valence electrons. The molecular weight excluding hydrogens is 424 g/mol. The van der Waals surface area contributed by atoms with Crippen LogP contribution in [0.1, 0.15) is 28.9 Å². The molecule has 0 radical (unpaired) electrons. The summed E-state index contributed by atoms with van der Waals surface area (Å²) >= 11 is 0. The van der Waals surface area contributed by atoms with E-state index >= 15 is 0 Å². The number of hydrogen-bond donors (Lipinski definition) is 3. The van der Waals surface area contributed by atoms with Crippen LogP contribution in [0.5, 0.6) is 0 Å². The zero-order valence-electron chi connectivity index (χ0n) is 19.1. The number of morpholine rings is 1. The second-order valence-corrected chi connectivity index (χ2v) is 7.93. The highest BCUT2D eigenvalue weighted by atomic mass is 16.5. The SMILES string of the molecule is CNC(=O)C(C(=O)NO)N(C)C(=O)c1ccc(-c2ccc(C(C)N3CCOCC3)cc2)cc1. The van der Waals surface area contributed by atoms with Crippen LogP contribution in [0.25, 0.3) is 11.1 Å². The van der Waals surface area contributed by atoms with Gasteiger partial charge < -0.3 is 15.0 Å². The van der Waals surface area contributed by atoms with Crippen molar-refractivity contribution >= 4 is 17.7 Å². The average molecular weight is 455 g/mol. The standard InChI is InChI=1S/C24H30N4O5/c1-16(28-12-14-33-15-13-28)17-4-6-18(7-5-17)19-8-10-20(11-9-19)24(31)27(3)21(22(29)25-2)23(30)26-32/h4-11,16,21,32H,12-15H2,1-3H3,(H,25,29)(H,26,30). The molecule has 1 aliphatic rings. The summed E-state index contributed by atoms with van der Waals surface area (Å²) in [6.45, 7) is 5.57. The highest BCUT2D eigenvalue weighted by Crippen LogP contribution is 2.26. The molecule has 0 aliphatic carbocycles. The van der Waals surface area contributed by atoms with Gasteiger partial charge >= 0.3 is 0 Å². The first-order chi connectivity index (χ1) is 15.9. The molecule has 2 aromatic carbocycles. The van der Waals surface area contributed by atoms with E-state index in [4.69, 9.17) is 9.94 Å². The normalized spacial score (nSPS) is 15.9. The maximum atomic E-state index is 12.8. The molecule has 9 nitrogen and oxygen atoms in total. The molecule has 33 heavy (non-hydrogen) atoms. The quantitative estimate of drug-likeness (QED) is 0.332. The Hall–Kier alpha value is -3.27. The molecule has 0 aromatic heterocycles. The largest absolute Gasteiger partial charge is 0.379 e. The van der Waals surface area contributed by atoms with Gasteiger partial charge in [-0.2, -0.15) is 0 Å². The van der Waals surface area contributed by atoms with Gasteiger partial charge in [-0.1, -0.05) is 36.4 Å². The third-order valence-corrected chi connectivity index (χ3v) is 6.01. The Kier molecular flexibility index (Phi) is 8.16. The van der Waals surface area contributed by atoms with Crippen molar-refractivity contribution in [2.75, 3.05) is 40.4 Å². The minimum atomic E-state index is -1.49. The summed E-state index contributed by atoms with van der Waals surface area (Å²) in [7, 11) is 2.68. The van der Waals surface area contributed by atoms with Crippen LogP contribution >= 0.6 is 0 Å². The van der Waals surface area contributed by atoms with Crippen molar-refractivity contribution in [2.45, 2.75) is 19.0 Å². The Balaban J connectivity index is 1.72. The van der Waals surface area contributed by atoms with E-state index in [0.717, 1.165) is 42.3 Å². The third-order valence-electron chi connectivity index (χ3n) is 6.01. The molecule has 2 atom stereocenters. The number of carbonyl (C=O) groups excluding carboxylic acids is 3. The topological polar surface area (TPSA) is 111 Å². The molecule has 2 unspecified atom stereocenters. The lowest BCUT2D eigenvalue weighted by Gasteiger charge is -2.32. The van der Waals surface area contributed by atoms with E-state index in [2.05, 4.69) is 41.4 Å². The first kappa shape index (κ1) is 24.4. The van der Waals surface area contributed by atoms with Crippen LogP contribution in [0.3, 0.4) is 0 Å². The number of ether oxygens (including phenoxy) is 1. The number of likely N-dealkylation sites (N-methyl/N-ethyl adjacent to an activating group) is 2. The van der Waals surface area contributed by atoms with Gasteiger partial charge in [0, 0.05) is 38.8 Å². The second-order valence-electron chi connectivity index (χ2n) is 7.93. The van der Waals surface area contributed by atoms with E-state index in [9.17, 15) is 14.4 Å². The van der Waals surface area contributed by atoms with E-state index in [1.165, 1.54) is 25.1 Å². The van der Waals surface area contributed by atoms with Crippen LogP contribution in [0.15, 0.2) is 48.5 Å². The Morgan fingerprint density at radius 3 is 2.03 bits per heavy atom. The van der Waals surface area contributed by atoms with Crippen LogP contribution in [0, 0.1) is 0 Å². The first-order valence-corrected chi connectivity index (χ1v) is 10.8. The van der Waals surface area contributed by atoms with Gasteiger partial charge in [-0.3, -0.25) is 24.5 Å². The second kappa shape index (κ2) is 11.0. The van der Waals surface area contributed by atoms with Gasteiger partial charge in [-0.25, -0.2) is 5.48 Å². The van der Waals surface area contributed by atoms with Crippen molar-refractivity contribution in [1.82, 2.24) is 20.6 Å². The van der Waals surface area contributed by atoms with Gasteiger partial charge in [0.05, 0.1) is 13.2 Å². The number of benzene rings is 2. The number of nitrogens with one attached hydrogen (secondary N) is 2. The molecule has 1 saturated heterocycles. The van der Waals surface area contributed by atoms with Gasteiger partial charge in [-0.05, 0) is 35.7 Å². The first-order valence-electron chi connectivity index (χ1n) is 10.8. The van der Waals surface area contributed by atoms with Crippen molar-refractivity contribution in [2.24, 2.45) is 0 Å². The Labute approximate surface area is 193 Å². The fourth-order valence-electron chi connectivity index (χ4n) is 3.92. The molecule has 3 N–H and O–H groups in total. The van der Waals surface area contributed by atoms with Crippen LogP contribution in [0.2, 0.25) is 0 Å². The Bertz CT molecular complexity index is 955. The maximum absolute atomic E-state index is 12.8. The number of hydroxylamine groups is 1. The zero-order valence-corrected chi connectivity index (χ0v) is 19.1. The summed E-state index contributed by atoms with van der Waals surface area (Å²) in [5.41, 5.74) is 4.94.